The van der Waals surface area contributed by atoms with Crippen LogP contribution in [0.1, 0.15) is 103 Å². The van der Waals surface area contributed by atoms with Gasteiger partial charge >= 0.3 is 5.97 Å². The third-order valence-electron chi connectivity index (χ3n) is 4.07. The molecule has 2 N–H and O–H groups in total. The zero-order valence-electron chi connectivity index (χ0n) is 14.5. The summed E-state index contributed by atoms with van der Waals surface area (Å²) in [5, 5.41) is 18.4. The van der Waals surface area contributed by atoms with E-state index in [0.717, 1.165) is 38.5 Å². The molecule has 0 amide bonds. The number of aliphatic carboxylic acids is 1. The second-order valence-corrected chi connectivity index (χ2v) is 6.26. The van der Waals surface area contributed by atoms with Gasteiger partial charge in [0.2, 0.25) is 0 Å². The van der Waals surface area contributed by atoms with Gasteiger partial charge in [0, 0.05) is 28.1 Å². The molecule has 0 saturated heterocycles. The molecular formula is C18H36O3Ti. The first-order valence-corrected chi connectivity index (χ1v) is 9.06. The molecule has 0 aliphatic rings. The van der Waals surface area contributed by atoms with Gasteiger partial charge in [0.15, 0.2) is 0 Å². The van der Waals surface area contributed by atoms with Crippen molar-refractivity contribution < 1.29 is 36.7 Å². The van der Waals surface area contributed by atoms with E-state index in [9.17, 15) is 9.90 Å². The van der Waals surface area contributed by atoms with E-state index < -0.39 is 5.97 Å². The minimum absolute atomic E-state index is 0. The standard InChI is InChI=1S/C18H36O3.Ti/c1-2-3-4-11-14-17(19)15-12-9-7-5-6-8-10-13-16-18(20)21;/h17,19H,2-16H2,1H3,(H,20,21);. The molecule has 0 rings (SSSR count). The number of aliphatic hydroxyl groups is 1. The second-order valence-electron chi connectivity index (χ2n) is 6.26. The molecule has 0 aromatic carbocycles. The second kappa shape index (κ2) is 19.2. The Morgan fingerprint density at radius 1 is 0.773 bits per heavy atom. The number of carboxylic acids is 1. The Morgan fingerprint density at radius 3 is 1.64 bits per heavy atom. The van der Waals surface area contributed by atoms with Crippen LogP contribution in [0, 0.1) is 0 Å². The van der Waals surface area contributed by atoms with Crippen molar-refractivity contribution in [1.29, 1.82) is 0 Å². The average Bonchev–Trinajstić information content (AvgIpc) is 2.45. The third-order valence-corrected chi connectivity index (χ3v) is 4.07. The number of rotatable bonds is 16. The van der Waals surface area contributed by atoms with Crippen LogP contribution in [0.15, 0.2) is 0 Å². The fraction of sp³-hybridized carbons (Fsp3) is 0.944. The van der Waals surface area contributed by atoms with E-state index in [-0.39, 0.29) is 27.8 Å². The molecule has 0 aliphatic heterocycles. The van der Waals surface area contributed by atoms with Crippen molar-refractivity contribution >= 4 is 5.97 Å². The molecule has 0 spiro atoms. The number of carbonyl (C=O) groups is 1. The van der Waals surface area contributed by atoms with Crippen LogP contribution in [0.25, 0.3) is 0 Å². The van der Waals surface area contributed by atoms with Crippen molar-refractivity contribution in [2.45, 2.75) is 109 Å². The molecule has 0 heterocycles. The van der Waals surface area contributed by atoms with Crippen molar-refractivity contribution in [1.82, 2.24) is 0 Å². The van der Waals surface area contributed by atoms with E-state index in [1.165, 1.54) is 51.4 Å². The topological polar surface area (TPSA) is 57.5 Å². The van der Waals surface area contributed by atoms with Crippen LogP contribution in [0.4, 0.5) is 0 Å². The molecule has 130 valence electrons. The van der Waals surface area contributed by atoms with Crippen LogP contribution in [-0.2, 0) is 26.5 Å². The Hall–Kier alpha value is 0.144. The van der Waals surface area contributed by atoms with Crippen molar-refractivity contribution in [3.63, 3.8) is 0 Å². The van der Waals surface area contributed by atoms with Crippen molar-refractivity contribution in [3.05, 3.63) is 0 Å². The van der Waals surface area contributed by atoms with Crippen LogP contribution < -0.4 is 0 Å². The summed E-state index contributed by atoms with van der Waals surface area (Å²) < 4.78 is 0. The summed E-state index contributed by atoms with van der Waals surface area (Å²) in [5.74, 6) is -0.678. The number of hydrogen-bond donors (Lipinski definition) is 2. The molecule has 0 fully saturated rings. The molecule has 1 atom stereocenters. The zero-order valence-corrected chi connectivity index (χ0v) is 16.0. The zero-order chi connectivity index (χ0) is 15.8. The summed E-state index contributed by atoms with van der Waals surface area (Å²) in [6, 6.07) is 0. The van der Waals surface area contributed by atoms with Crippen molar-refractivity contribution in [3.8, 4) is 0 Å². The first-order valence-electron chi connectivity index (χ1n) is 9.06. The van der Waals surface area contributed by atoms with Crippen LogP contribution in [-0.4, -0.2) is 22.3 Å². The molecular weight excluding hydrogens is 312 g/mol. The molecule has 1 unspecified atom stereocenters. The van der Waals surface area contributed by atoms with Crippen LogP contribution >= 0.6 is 0 Å². The Kier molecular flexibility index (Phi) is 21.3. The fourth-order valence-corrected chi connectivity index (χ4v) is 2.67. The summed E-state index contributed by atoms with van der Waals surface area (Å²) >= 11 is 0. The van der Waals surface area contributed by atoms with Gasteiger partial charge in [0.05, 0.1) is 6.10 Å². The van der Waals surface area contributed by atoms with E-state index in [0.29, 0.717) is 6.42 Å². The van der Waals surface area contributed by atoms with Gasteiger partial charge in [-0.25, -0.2) is 0 Å². The molecule has 0 aromatic heterocycles. The predicted octanol–water partition coefficient (Wildman–Crippen LogP) is 5.30. The Balaban J connectivity index is 0. The predicted molar refractivity (Wildman–Crippen MR) is 88.6 cm³/mol. The Labute approximate surface area is 152 Å². The molecule has 22 heavy (non-hydrogen) atoms. The summed E-state index contributed by atoms with van der Waals surface area (Å²) in [7, 11) is 0. The number of unbranched alkanes of at least 4 members (excludes halogenated alkanes) is 10. The van der Waals surface area contributed by atoms with E-state index >= 15 is 0 Å². The Morgan fingerprint density at radius 2 is 1.18 bits per heavy atom. The monoisotopic (exact) mass is 348 g/mol. The third kappa shape index (κ3) is 20.1. The molecule has 0 aliphatic carbocycles. The molecule has 0 bridgehead atoms. The van der Waals surface area contributed by atoms with E-state index in [1.54, 1.807) is 0 Å². The molecule has 0 aromatic rings. The largest absolute Gasteiger partial charge is 0.481 e. The molecule has 0 radical (unpaired) electrons. The average molecular weight is 348 g/mol. The van der Waals surface area contributed by atoms with E-state index in [4.69, 9.17) is 5.11 Å². The summed E-state index contributed by atoms with van der Waals surface area (Å²) in [5.41, 5.74) is 0. The maximum absolute atomic E-state index is 10.3. The molecule has 4 heteroatoms. The van der Waals surface area contributed by atoms with Gasteiger partial charge in [-0.15, -0.1) is 0 Å². The van der Waals surface area contributed by atoms with Crippen molar-refractivity contribution in [2.24, 2.45) is 0 Å². The number of carboxylic acid groups (broad SMARTS) is 1. The van der Waals surface area contributed by atoms with Gasteiger partial charge < -0.3 is 10.2 Å². The number of hydrogen-bond acceptors (Lipinski definition) is 2. The van der Waals surface area contributed by atoms with Crippen LogP contribution in [0.3, 0.4) is 0 Å². The first kappa shape index (κ1) is 24.4. The van der Waals surface area contributed by atoms with E-state index in [1.807, 2.05) is 0 Å². The van der Waals surface area contributed by atoms with Gasteiger partial charge in [-0.05, 0) is 19.3 Å². The Bertz CT molecular complexity index is 234. The van der Waals surface area contributed by atoms with Crippen LogP contribution in [0.5, 0.6) is 0 Å². The van der Waals surface area contributed by atoms with Gasteiger partial charge in [0.25, 0.3) is 0 Å². The van der Waals surface area contributed by atoms with Crippen LogP contribution in [0.2, 0.25) is 0 Å². The van der Waals surface area contributed by atoms with Crippen molar-refractivity contribution in [2.75, 3.05) is 0 Å². The quantitative estimate of drug-likeness (QED) is 0.294. The molecule has 3 nitrogen and oxygen atoms in total. The van der Waals surface area contributed by atoms with E-state index in [2.05, 4.69) is 6.92 Å². The van der Waals surface area contributed by atoms with Gasteiger partial charge in [-0.3, -0.25) is 4.79 Å². The van der Waals surface area contributed by atoms with Gasteiger partial charge in [0.1, 0.15) is 0 Å². The summed E-state index contributed by atoms with van der Waals surface area (Å²) in [4.78, 5) is 10.3. The minimum Gasteiger partial charge on any atom is -0.481 e. The van der Waals surface area contributed by atoms with Gasteiger partial charge in [-0.2, -0.15) is 0 Å². The minimum atomic E-state index is -0.678. The first-order chi connectivity index (χ1) is 10.2. The maximum atomic E-state index is 10.3. The fourth-order valence-electron chi connectivity index (χ4n) is 2.67. The molecule has 0 saturated carbocycles. The normalized spacial score (nSPS) is 11.9. The smallest absolute Gasteiger partial charge is 0.303 e. The van der Waals surface area contributed by atoms with Gasteiger partial charge in [-0.1, -0.05) is 77.6 Å². The summed E-state index contributed by atoms with van der Waals surface area (Å²) in [6.07, 6.45) is 16.3. The maximum Gasteiger partial charge on any atom is 0.303 e. The summed E-state index contributed by atoms with van der Waals surface area (Å²) in [6.45, 7) is 2.21. The number of aliphatic hydroxyl groups excluding tert-OH is 1. The SMILES string of the molecule is CCCCCCC(O)CCCCCCCCCCC(=O)O.[Ti].